The quantitative estimate of drug-likeness (QED) is 0.168. The van der Waals surface area contributed by atoms with Crippen LogP contribution in [0.15, 0.2) is 0 Å². The molecule has 105 heavy (non-hydrogen) atoms. The summed E-state index contributed by atoms with van der Waals surface area (Å²) in [5.41, 5.74) is -1.56. The molecule has 13 atom stereocenters. The van der Waals surface area contributed by atoms with Gasteiger partial charge in [0.15, 0.2) is 0 Å². The Hall–Kier alpha value is -6.28. The van der Waals surface area contributed by atoms with Gasteiger partial charge < -0.3 is 60.0 Å². The van der Waals surface area contributed by atoms with Crippen LogP contribution >= 0.6 is 11.6 Å². The summed E-state index contributed by atoms with van der Waals surface area (Å²) in [6.45, 7) is 6.55. The molecular formula is C77H124ClF3N12O12. The van der Waals surface area contributed by atoms with Gasteiger partial charge >= 0.3 is 6.18 Å². The van der Waals surface area contributed by atoms with Crippen molar-refractivity contribution in [1.82, 2.24) is 60.0 Å². The number of nitrogens with one attached hydrogen (secondary N) is 3. The van der Waals surface area contributed by atoms with Crippen molar-refractivity contribution >= 4 is 82.5 Å². The third-order valence-electron chi connectivity index (χ3n) is 25.3. The number of fused-ring (bicyclic) bond motifs is 3. The number of likely N-dealkylation sites (tertiary alicyclic amines) is 1. The summed E-state index contributed by atoms with van der Waals surface area (Å²) in [6.07, 6.45) is 10.5. The molecule has 0 bridgehead atoms. The van der Waals surface area contributed by atoms with E-state index in [0.29, 0.717) is 70.9 Å². The standard InChI is InChI=1S/C77H124ClF3N12O12/c1-12-49(4)66-73(103)87(7)46-64(96)85(5)47-65(97)89(9)60(42-50-26-16-13-17-27-50)71(101)86(6)45-62(94)82-56(35-33-51-32-34-54(55(78)41-51)77(79,80)81)70(100)93-57-31-21-20-30-53(57)43-59(93)69(99)84-76(36-22-23-37-76)75(105)91(11)67(52-28-18-14-19-29-52)74(104)90(10)61(72(102)92-38-24-15-25-39-92)44-63(95)88(8)58(40-48(2)3)68(98)83-66/h48-61,66-67H,12-47H2,1-11H3,(H,82,94)(H,83,98)(H,84,99)/t49-,51?,53?,54?,55?,56-,57?,58-,59-,60-,61-,66-,67-/m0/s1. The highest BCUT2D eigenvalue weighted by Gasteiger charge is 2.55. The summed E-state index contributed by atoms with van der Waals surface area (Å²) in [5.74, 6) is -10.4. The molecule has 0 radical (unpaired) electrons. The van der Waals surface area contributed by atoms with Crippen molar-refractivity contribution in [2.75, 3.05) is 82.1 Å². The third-order valence-corrected chi connectivity index (χ3v) is 25.7. The second kappa shape index (κ2) is 37.7. The zero-order chi connectivity index (χ0) is 76.9. The Morgan fingerprint density at radius 2 is 1.14 bits per heavy atom. The molecule has 3 N–H and O–H groups in total. The Morgan fingerprint density at radius 3 is 1.76 bits per heavy atom. The van der Waals surface area contributed by atoms with Gasteiger partial charge in [-0.05, 0) is 145 Å². The molecule has 0 aromatic carbocycles. The Bertz CT molecular complexity index is 3070. The minimum Gasteiger partial charge on any atom is -0.343 e. The van der Waals surface area contributed by atoms with Gasteiger partial charge in [-0.2, -0.15) is 13.2 Å². The monoisotopic (exact) mass is 1500 g/mol. The van der Waals surface area contributed by atoms with Crippen molar-refractivity contribution in [3.63, 3.8) is 0 Å². The minimum absolute atomic E-state index is 0.00778. The van der Waals surface area contributed by atoms with Crippen LogP contribution < -0.4 is 16.0 Å². The van der Waals surface area contributed by atoms with Gasteiger partial charge in [0.1, 0.15) is 47.8 Å². The lowest BCUT2D eigenvalue weighted by molar-refractivity contribution is -0.182. The summed E-state index contributed by atoms with van der Waals surface area (Å²) < 4.78 is 42.5. The van der Waals surface area contributed by atoms with Crippen LogP contribution in [0.2, 0.25) is 0 Å². The molecule has 8 aliphatic rings. The largest absolute Gasteiger partial charge is 0.393 e. The van der Waals surface area contributed by atoms with E-state index in [1.165, 1.54) is 71.7 Å². The predicted octanol–water partition coefficient (Wildman–Crippen LogP) is 7.65. The maximum atomic E-state index is 16.0. The lowest BCUT2D eigenvalue weighted by Gasteiger charge is -2.43. The van der Waals surface area contributed by atoms with E-state index in [9.17, 15) is 37.1 Å². The second-order valence-corrected chi connectivity index (χ2v) is 33.7. The molecule has 0 aromatic rings. The van der Waals surface area contributed by atoms with Gasteiger partial charge in [0.2, 0.25) is 70.9 Å². The fourth-order valence-corrected chi connectivity index (χ4v) is 19.0. The Balaban J connectivity index is 1.19. The smallest absolute Gasteiger partial charge is 0.343 e. The van der Waals surface area contributed by atoms with Crippen molar-refractivity contribution in [2.24, 2.45) is 41.4 Å². The van der Waals surface area contributed by atoms with E-state index in [4.69, 9.17) is 11.6 Å². The van der Waals surface area contributed by atoms with Crippen molar-refractivity contribution in [2.45, 2.75) is 292 Å². The summed E-state index contributed by atoms with van der Waals surface area (Å²) >= 11 is 6.49. The zero-order valence-electron chi connectivity index (χ0n) is 64.6. The van der Waals surface area contributed by atoms with Crippen molar-refractivity contribution in [3.05, 3.63) is 0 Å². The highest BCUT2D eigenvalue weighted by Crippen LogP contribution is 2.46. The van der Waals surface area contributed by atoms with E-state index in [1.807, 2.05) is 20.8 Å². The molecule has 592 valence electrons. The van der Waals surface area contributed by atoms with Crippen LogP contribution in [0.3, 0.4) is 0 Å². The molecule has 5 unspecified atom stereocenters. The highest BCUT2D eigenvalue weighted by molar-refractivity contribution is 6.21. The molecule has 28 heteroatoms. The maximum Gasteiger partial charge on any atom is 0.393 e. The molecule has 24 nitrogen and oxygen atoms in total. The van der Waals surface area contributed by atoms with Crippen molar-refractivity contribution in [1.29, 1.82) is 0 Å². The van der Waals surface area contributed by atoms with Crippen LogP contribution in [-0.4, -0.2) is 262 Å². The summed E-state index contributed by atoms with van der Waals surface area (Å²) in [6, 6.07) is -8.98. The second-order valence-electron chi connectivity index (χ2n) is 33.2. The summed E-state index contributed by atoms with van der Waals surface area (Å²) in [4.78, 5) is 194. The number of carbonyl (C=O) groups is 12. The van der Waals surface area contributed by atoms with E-state index >= 15 is 33.6 Å². The van der Waals surface area contributed by atoms with Crippen LogP contribution in [-0.2, 0) is 57.5 Å². The number of halogens is 4. The van der Waals surface area contributed by atoms with E-state index in [2.05, 4.69) is 16.0 Å². The first-order valence-corrected chi connectivity index (χ1v) is 40.1. The van der Waals surface area contributed by atoms with Crippen molar-refractivity contribution < 1.29 is 70.7 Å². The van der Waals surface area contributed by atoms with Crippen LogP contribution in [0.1, 0.15) is 227 Å². The van der Waals surface area contributed by atoms with E-state index < -0.39 is 180 Å². The average Bonchev–Trinajstić information content (AvgIpc) is 1.40. The molecule has 8 fully saturated rings. The van der Waals surface area contributed by atoms with Crippen LogP contribution in [0.25, 0.3) is 0 Å². The molecule has 3 saturated heterocycles. The number of hydrogen-bond donors (Lipinski definition) is 3. The Kier molecular flexibility index (Phi) is 30.3. The molecule has 12 amide bonds. The first kappa shape index (κ1) is 84.3. The van der Waals surface area contributed by atoms with Gasteiger partial charge in [0, 0.05) is 73.8 Å². The maximum absolute atomic E-state index is 16.0. The number of hydrogen-bond acceptors (Lipinski definition) is 12. The lowest BCUT2D eigenvalue weighted by Crippen LogP contribution is -2.65. The topological polar surface area (TPSA) is 270 Å². The average molecular weight is 1500 g/mol. The van der Waals surface area contributed by atoms with Crippen LogP contribution in [0, 0.1) is 41.4 Å². The lowest BCUT2D eigenvalue weighted by atomic mass is 9.78. The van der Waals surface area contributed by atoms with E-state index in [0.717, 1.165) is 75.5 Å². The zero-order valence-corrected chi connectivity index (χ0v) is 65.4. The van der Waals surface area contributed by atoms with Crippen LogP contribution in [0.5, 0.6) is 0 Å². The first-order chi connectivity index (χ1) is 49.7. The predicted molar refractivity (Wildman–Crippen MR) is 391 cm³/mol. The van der Waals surface area contributed by atoms with Gasteiger partial charge in [0.25, 0.3) is 0 Å². The highest BCUT2D eigenvalue weighted by atomic mass is 35.5. The van der Waals surface area contributed by atoms with Gasteiger partial charge in [-0.3, -0.25) is 57.5 Å². The molecule has 0 aromatic heterocycles. The fourth-order valence-electron chi connectivity index (χ4n) is 18.5. The Labute approximate surface area is 626 Å². The van der Waals surface area contributed by atoms with Crippen LogP contribution in [0.4, 0.5) is 13.2 Å². The fraction of sp³-hybridized carbons (Fsp3) is 0.844. The first-order valence-electron chi connectivity index (χ1n) is 39.7. The van der Waals surface area contributed by atoms with Crippen molar-refractivity contribution in [3.8, 4) is 0 Å². The number of nitrogens with zero attached hydrogens (tertiary/aromatic N) is 9. The Morgan fingerprint density at radius 1 is 0.562 bits per heavy atom. The van der Waals surface area contributed by atoms with Gasteiger partial charge in [-0.25, -0.2) is 0 Å². The number of piperidine rings is 1. The molecule has 3 aliphatic heterocycles. The molecule has 5 aliphatic carbocycles. The van der Waals surface area contributed by atoms with E-state index in [-0.39, 0.29) is 87.9 Å². The van der Waals surface area contributed by atoms with Gasteiger partial charge in [-0.15, -0.1) is 11.6 Å². The number of carbonyl (C=O) groups excluding carboxylic acids is 12. The molecule has 3 heterocycles. The molecule has 8 rings (SSSR count). The van der Waals surface area contributed by atoms with Gasteiger partial charge in [0.05, 0.1) is 32.0 Å². The number of likely N-dealkylation sites (N-methyl/N-ethyl adjacent to an activating group) is 7. The number of rotatable bonds is 11. The minimum atomic E-state index is -4.51. The number of amides is 12. The normalized spacial score (nSPS) is 31.3. The molecule has 1 spiro atoms. The summed E-state index contributed by atoms with van der Waals surface area (Å²) in [7, 11) is 10.2. The molecular weight excluding hydrogens is 1380 g/mol. The number of alkyl halides is 4. The summed E-state index contributed by atoms with van der Waals surface area (Å²) in [5, 5.41) is 7.87. The molecule has 5 saturated carbocycles. The van der Waals surface area contributed by atoms with E-state index in [1.54, 1.807) is 23.8 Å². The third kappa shape index (κ3) is 21.0. The van der Waals surface area contributed by atoms with Gasteiger partial charge in [-0.1, -0.05) is 111 Å². The SMILES string of the molecule is CC[C@H](C)[C@@H]1NC(=O)[C@H](CC(C)C)N(C)C(=O)C[C@@H](C(=O)N2CCCCC2)N(C)C(=O)[C@H](C2CCCCC2)N(C)C(=O)C2(CCCC2)NC(=O)[C@@H]2CC3CCCCC3N2C(=O)[C@H](CCC2CCC(C(F)(F)F)C(Cl)C2)NC(=O)CN(C)C(=O)[C@H](CC2CCCCC2)N(C)C(=O)CN(C)C(=O)CN(C)C1=O.